The van der Waals surface area contributed by atoms with Gasteiger partial charge < -0.3 is 0 Å². The van der Waals surface area contributed by atoms with Crippen molar-refractivity contribution in [3.05, 3.63) is 56.8 Å². The van der Waals surface area contributed by atoms with E-state index in [0.29, 0.717) is 0 Å². The lowest BCUT2D eigenvalue weighted by Gasteiger charge is -2.04. The molecule has 17 heavy (non-hydrogen) atoms. The predicted octanol–water partition coefficient (Wildman–Crippen LogP) is 4.16. The Morgan fingerprint density at radius 2 is 1.94 bits per heavy atom. The summed E-state index contributed by atoms with van der Waals surface area (Å²) in [4.78, 5) is 13.2. The molecule has 0 unspecified atom stereocenters. The number of rotatable bonds is 3. The molecule has 1 nitrogen and oxygen atoms in total. The molecule has 0 fully saturated rings. The first kappa shape index (κ1) is 12.1. The molecule has 0 saturated carbocycles. The summed E-state index contributed by atoms with van der Waals surface area (Å²) in [5.41, 5.74) is 4.34. The minimum atomic E-state index is 0.153. The van der Waals surface area contributed by atoms with Gasteiger partial charge in [0.25, 0.3) is 0 Å². The maximum atomic E-state index is 12.4. The second-order valence-corrected chi connectivity index (χ2v) is 5.17. The Balaban J connectivity index is 2.40. The van der Waals surface area contributed by atoms with E-state index in [4.69, 9.17) is 0 Å². The van der Waals surface area contributed by atoms with Crippen molar-refractivity contribution in [1.82, 2.24) is 0 Å². The smallest absolute Gasteiger partial charge is 0.203 e. The van der Waals surface area contributed by atoms with Crippen molar-refractivity contribution in [2.45, 2.75) is 27.2 Å². The van der Waals surface area contributed by atoms with Crippen LogP contribution in [0.15, 0.2) is 29.6 Å². The lowest BCUT2D eigenvalue weighted by Crippen LogP contribution is -2.02. The molecule has 0 aliphatic carbocycles. The Labute approximate surface area is 106 Å². The molecule has 0 N–H and O–H groups in total. The fourth-order valence-electron chi connectivity index (χ4n) is 1.83. The summed E-state index contributed by atoms with van der Waals surface area (Å²) in [7, 11) is 0. The zero-order chi connectivity index (χ0) is 12.4. The van der Waals surface area contributed by atoms with Gasteiger partial charge in [0.1, 0.15) is 0 Å². The maximum Gasteiger partial charge on any atom is 0.203 e. The quantitative estimate of drug-likeness (QED) is 0.741. The molecular formula is C15H16OS. The molecule has 1 heterocycles. The third-order valence-electron chi connectivity index (χ3n) is 3.10. The standard InChI is InChI=1S/C15H16OS/c1-4-12-7-8-17-15(12)14(16)13-6-5-10(2)11(3)9-13/h5-9H,4H2,1-3H3. The lowest BCUT2D eigenvalue weighted by molar-refractivity contribution is 0.104. The van der Waals surface area contributed by atoms with Gasteiger partial charge in [0.2, 0.25) is 5.78 Å². The number of hydrogen-bond donors (Lipinski definition) is 0. The van der Waals surface area contributed by atoms with Crippen molar-refractivity contribution in [3.63, 3.8) is 0 Å². The second kappa shape index (κ2) is 4.84. The summed E-state index contributed by atoms with van der Waals surface area (Å²) < 4.78 is 0. The molecule has 0 bridgehead atoms. The zero-order valence-electron chi connectivity index (χ0n) is 10.4. The van der Waals surface area contributed by atoms with Crippen LogP contribution in [0.1, 0.15) is 38.8 Å². The first-order valence-corrected chi connectivity index (χ1v) is 6.69. The molecule has 1 aromatic heterocycles. The van der Waals surface area contributed by atoms with E-state index in [9.17, 15) is 4.79 Å². The van der Waals surface area contributed by atoms with E-state index in [2.05, 4.69) is 13.8 Å². The monoisotopic (exact) mass is 244 g/mol. The van der Waals surface area contributed by atoms with E-state index in [1.54, 1.807) is 0 Å². The molecule has 2 heteroatoms. The molecule has 0 saturated heterocycles. The van der Waals surface area contributed by atoms with Crippen molar-refractivity contribution in [3.8, 4) is 0 Å². The van der Waals surface area contributed by atoms with Crippen LogP contribution in [-0.2, 0) is 6.42 Å². The molecule has 2 aromatic rings. The minimum absolute atomic E-state index is 0.153. The van der Waals surface area contributed by atoms with Crippen LogP contribution in [0.2, 0.25) is 0 Å². The van der Waals surface area contributed by atoms with Gasteiger partial charge in [-0.3, -0.25) is 4.79 Å². The van der Waals surface area contributed by atoms with E-state index < -0.39 is 0 Å². The molecule has 0 aliphatic rings. The largest absolute Gasteiger partial charge is 0.288 e. The van der Waals surface area contributed by atoms with E-state index in [0.717, 1.165) is 22.4 Å². The van der Waals surface area contributed by atoms with Gasteiger partial charge in [0.15, 0.2) is 0 Å². The van der Waals surface area contributed by atoms with Crippen LogP contribution >= 0.6 is 11.3 Å². The Morgan fingerprint density at radius 1 is 1.18 bits per heavy atom. The van der Waals surface area contributed by atoms with Crippen molar-refractivity contribution >= 4 is 17.1 Å². The highest BCUT2D eigenvalue weighted by molar-refractivity contribution is 7.12. The van der Waals surface area contributed by atoms with Gasteiger partial charge in [-0.15, -0.1) is 11.3 Å². The number of benzene rings is 1. The van der Waals surface area contributed by atoms with Gasteiger partial charge in [0.05, 0.1) is 4.88 Å². The Morgan fingerprint density at radius 3 is 2.59 bits per heavy atom. The van der Waals surface area contributed by atoms with E-state index >= 15 is 0 Å². The third-order valence-corrected chi connectivity index (χ3v) is 4.06. The predicted molar refractivity (Wildman–Crippen MR) is 73.0 cm³/mol. The first-order chi connectivity index (χ1) is 8.13. The van der Waals surface area contributed by atoms with Gasteiger partial charge in [-0.2, -0.15) is 0 Å². The van der Waals surface area contributed by atoms with Gasteiger partial charge >= 0.3 is 0 Å². The van der Waals surface area contributed by atoms with Crippen LogP contribution in [0.4, 0.5) is 0 Å². The molecule has 0 spiro atoms. The maximum absolute atomic E-state index is 12.4. The fraction of sp³-hybridized carbons (Fsp3) is 0.267. The van der Waals surface area contributed by atoms with Gasteiger partial charge in [0, 0.05) is 5.56 Å². The fourth-order valence-corrected chi connectivity index (χ4v) is 2.78. The molecule has 0 atom stereocenters. The first-order valence-electron chi connectivity index (χ1n) is 5.81. The summed E-state index contributed by atoms with van der Waals surface area (Å²) >= 11 is 1.54. The molecule has 2 rings (SSSR count). The summed E-state index contributed by atoms with van der Waals surface area (Å²) in [6, 6.07) is 7.96. The van der Waals surface area contributed by atoms with Crippen LogP contribution < -0.4 is 0 Å². The Bertz CT molecular complexity index is 552. The molecule has 0 amide bonds. The molecular weight excluding hydrogens is 228 g/mol. The normalized spacial score (nSPS) is 10.5. The summed E-state index contributed by atoms with van der Waals surface area (Å²) in [5, 5.41) is 1.99. The topological polar surface area (TPSA) is 17.1 Å². The van der Waals surface area contributed by atoms with Crippen LogP contribution in [0.3, 0.4) is 0 Å². The van der Waals surface area contributed by atoms with Crippen molar-refractivity contribution in [2.75, 3.05) is 0 Å². The van der Waals surface area contributed by atoms with Crippen LogP contribution in [-0.4, -0.2) is 5.78 Å². The highest BCUT2D eigenvalue weighted by Crippen LogP contribution is 2.22. The summed E-state index contributed by atoms with van der Waals surface area (Å²) in [6.45, 7) is 6.19. The van der Waals surface area contributed by atoms with Gasteiger partial charge in [-0.1, -0.05) is 19.1 Å². The van der Waals surface area contributed by atoms with Crippen molar-refractivity contribution in [2.24, 2.45) is 0 Å². The average molecular weight is 244 g/mol. The van der Waals surface area contributed by atoms with E-state index in [1.807, 2.05) is 36.6 Å². The molecule has 88 valence electrons. The molecule has 0 aliphatic heterocycles. The van der Waals surface area contributed by atoms with E-state index in [1.165, 1.54) is 22.5 Å². The SMILES string of the molecule is CCc1ccsc1C(=O)c1ccc(C)c(C)c1. The Kier molecular flexibility index (Phi) is 3.43. The van der Waals surface area contributed by atoms with Crippen molar-refractivity contribution in [1.29, 1.82) is 0 Å². The van der Waals surface area contributed by atoms with Crippen LogP contribution in [0.5, 0.6) is 0 Å². The minimum Gasteiger partial charge on any atom is -0.288 e. The number of carbonyl (C=O) groups is 1. The lowest BCUT2D eigenvalue weighted by atomic mass is 10.0. The van der Waals surface area contributed by atoms with Gasteiger partial charge in [-0.05, 0) is 54.5 Å². The highest BCUT2D eigenvalue weighted by atomic mass is 32.1. The highest BCUT2D eigenvalue weighted by Gasteiger charge is 2.14. The second-order valence-electron chi connectivity index (χ2n) is 4.26. The number of ketones is 1. The Hall–Kier alpha value is -1.41. The van der Waals surface area contributed by atoms with Gasteiger partial charge in [-0.25, -0.2) is 0 Å². The summed E-state index contributed by atoms with van der Waals surface area (Å²) in [6.07, 6.45) is 0.912. The van der Waals surface area contributed by atoms with Crippen LogP contribution in [0, 0.1) is 13.8 Å². The number of carbonyl (C=O) groups excluding carboxylic acids is 1. The average Bonchev–Trinajstić information content (AvgIpc) is 2.80. The summed E-state index contributed by atoms with van der Waals surface area (Å²) in [5.74, 6) is 0.153. The number of thiophene rings is 1. The van der Waals surface area contributed by atoms with E-state index in [-0.39, 0.29) is 5.78 Å². The molecule has 1 aromatic carbocycles. The van der Waals surface area contributed by atoms with Crippen LogP contribution in [0.25, 0.3) is 0 Å². The third kappa shape index (κ3) is 2.32. The number of hydrogen-bond acceptors (Lipinski definition) is 2. The zero-order valence-corrected chi connectivity index (χ0v) is 11.2. The molecule has 0 radical (unpaired) electrons. The van der Waals surface area contributed by atoms with Crippen molar-refractivity contribution < 1.29 is 4.79 Å². The number of aryl methyl sites for hydroxylation is 3.